The van der Waals surface area contributed by atoms with E-state index in [0.717, 1.165) is 17.8 Å². The number of phenolic OH excluding ortho intramolecular Hbond substituents is 1. The lowest BCUT2D eigenvalue weighted by Gasteiger charge is -2.31. The third-order valence-corrected chi connectivity index (χ3v) is 4.08. The van der Waals surface area contributed by atoms with E-state index in [-0.39, 0.29) is 0 Å². The van der Waals surface area contributed by atoms with Crippen molar-refractivity contribution < 1.29 is 5.11 Å². The van der Waals surface area contributed by atoms with E-state index in [1.165, 1.54) is 31.2 Å². The highest BCUT2D eigenvalue weighted by atomic mass is 16.3. The Morgan fingerprint density at radius 3 is 2.06 bits per heavy atom. The normalized spacial score (nSPS) is 25.9. The fourth-order valence-electron chi connectivity index (χ4n) is 2.87. The lowest BCUT2D eigenvalue weighted by atomic mass is 9.75. The molecule has 1 aliphatic carbocycles. The summed E-state index contributed by atoms with van der Waals surface area (Å²) in [6.07, 6.45) is 5.35. The lowest BCUT2D eigenvalue weighted by Crippen LogP contribution is -2.17. The molecule has 1 aromatic rings. The van der Waals surface area contributed by atoms with E-state index in [4.69, 9.17) is 0 Å². The van der Waals surface area contributed by atoms with Crippen molar-refractivity contribution in [3.63, 3.8) is 0 Å². The molecule has 0 amide bonds. The van der Waals surface area contributed by atoms with Gasteiger partial charge >= 0.3 is 0 Å². The zero-order chi connectivity index (χ0) is 11.5. The van der Waals surface area contributed by atoms with E-state index in [1.807, 2.05) is 12.1 Å². The summed E-state index contributed by atoms with van der Waals surface area (Å²) >= 11 is 0. The third kappa shape index (κ3) is 2.58. The van der Waals surface area contributed by atoms with Crippen LogP contribution < -0.4 is 0 Å². The smallest absolute Gasteiger partial charge is 0.115 e. The van der Waals surface area contributed by atoms with Crippen molar-refractivity contribution in [1.82, 2.24) is 0 Å². The standard InChI is InChI=1S/C15H22O/c1-11(2)12-3-5-13(6-4-12)14-7-9-15(16)10-8-14/h7-13,16H,3-6H2,1-2H3. The number of aromatic hydroxyl groups is 1. The average Bonchev–Trinajstić information content (AvgIpc) is 2.30. The number of hydrogen-bond acceptors (Lipinski definition) is 1. The number of benzene rings is 1. The molecule has 0 bridgehead atoms. The Kier molecular flexibility index (Phi) is 3.52. The minimum atomic E-state index is 0.375. The molecule has 1 N–H and O–H groups in total. The predicted molar refractivity (Wildman–Crippen MR) is 67.6 cm³/mol. The van der Waals surface area contributed by atoms with Crippen LogP contribution in [-0.2, 0) is 0 Å². The molecule has 88 valence electrons. The van der Waals surface area contributed by atoms with E-state index in [9.17, 15) is 5.11 Å². The fraction of sp³-hybridized carbons (Fsp3) is 0.600. The number of rotatable bonds is 2. The van der Waals surface area contributed by atoms with Crippen molar-refractivity contribution in [2.45, 2.75) is 45.4 Å². The minimum absolute atomic E-state index is 0.375. The lowest BCUT2D eigenvalue weighted by molar-refractivity contribution is 0.259. The molecule has 1 fully saturated rings. The summed E-state index contributed by atoms with van der Waals surface area (Å²) in [6, 6.07) is 7.78. The third-order valence-electron chi connectivity index (χ3n) is 4.08. The highest BCUT2D eigenvalue weighted by Crippen LogP contribution is 2.38. The Morgan fingerprint density at radius 1 is 1.00 bits per heavy atom. The van der Waals surface area contributed by atoms with Crippen LogP contribution in [0.5, 0.6) is 5.75 Å². The van der Waals surface area contributed by atoms with Gasteiger partial charge in [-0.2, -0.15) is 0 Å². The van der Waals surface area contributed by atoms with Crippen LogP contribution in [0.1, 0.15) is 51.0 Å². The predicted octanol–water partition coefficient (Wildman–Crippen LogP) is 4.32. The van der Waals surface area contributed by atoms with Crippen LogP contribution in [0.15, 0.2) is 24.3 Å². The van der Waals surface area contributed by atoms with E-state index >= 15 is 0 Å². The molecule has 1 nitrogen and oxygen atoms in total. The van der Waals surface area contributed by atoms with E-state index in [1.54, 1.807) is 0 Å². The van der Waals surface area contributed by atoms with Gasteiger partial charge in [-0.25, -0.2) is 0 Å². The number of hydrogen-bond donors (Lipinski definition) is 1. The molecule has 0 atom stereocenters. The second-order valence-corrected chi connectivity index (χ2v) is 5.45. The topological polar surface area (TPSA) is 20.2 Å². The SMILES string of the molecule is CC(C)C1CCC(c2ccc(O)cc2)CC1. The van der Waals surface area contributed by atoms with Gasteiger partial charge in [-0.3, -0.25) is 0 Å². The quantitative estimate of drug-likeness (QED) is 0.783. The van der Waals surface area contributed by atoms with Gasteiger partial charge in [-0.05, 0) is 61.1 Å². The molecule has 0 radical (unpaired) electrons. The molecule has 0 unspecified atom stereocenters. The summed E-state index contributed by atoms with van der Waals surface area (Å²) in [5.74, 6) is 2.85. The maximum Gasteiger partial charge on any atom is 0.115 e. The van der Waals surface area contributed by atoms with Crippen LogP contribution >= 0.6 is 0 Å². The largest absolute Gasteiger partial charge is 0.508 e. The zero-order valence-corrected chi connectivity index (χ0v) is 10.3. The molecule has 0 aliphatic heterocycles. The van der Waals surface area contributed by atoms with E-state index in [2.05, 4.69) is 26.0 Å². The molecule has 1 heteroatoms. The molecule has 0 spiro atoms. The zero-order valence-electron chi connectivity index (χ0n) is 10.3. The molecule has 16 heavy (non-hydrogen) atoms. The first-order chi connectivity index (χ1) is 7.66. The highest BCUT2D eigenvalue weighted by molar-refractivity contribution is 5.28. The van der Waals surface area contributed by atoms with Gasteiger partial charge in [-0.15, -0.1) is 0 Å². The van der Waals surface area contributed by atoms with E-state index in [0.29, 0.717) is 5.75 Å². The summed E-state index contributed by atoms with van der Waals surface area (Å²) in [4.78, 5) is 0. The fourth-order valence-corrected chi connectivity index (χ4v) is 2.87. The molecule has 1 saturated carbocycles. The summed E-state index contributed by atoms with van der Waals surface area (Å²) in [6.45, 7) is 4.68. The summed E-state index contributed by atoms with van der Waals surface area (Å²) in [5.41, 5.74) is 1.40. The van der Waals surface area contributed by atoms with Gasteiger partial charge in [0.05, 0.1) is 0 Å². The van der Waals surface area contributed by atoms with Crippen molar-refractivity contribution in [2.24, 2.45) is 11.8 Å². The van der Waals surface area contributed by atoms with Gasteiger partial charge in [-0.1, -0.05) is 26.0 Å². The summed E-state index contributed by atoms with van der Waals surface area (Å²) in [5, 5.41) is 9.27. The van der Waals surface area contributed by atoms with Gasteiger partial charge in [0.1, 0.15) is 5.75 Å². The maximum atomic E-state index is 9.27. The van der Waals surface area contributed by atoms with Crippen LogP contribution in [0.4, 0.5) is 0 Å². The van der Waals surface area contributed by atoms with Gasteiger partial charge in [0.25, 0.3) is 0 Å². The van der Waals surface area contributed by atoms with Crippen molar-refractivity contribution in [3.05, 3.63) is 29.8 Å². The molecule has 0 saturated heterocycles. The van der Waals surface area contributed by atoms with Crippen LogP contribution in [-0.4, -0.2) is 5.11 Å². The van der Waals surface area contributed by atoms with Crippen molar-refractivity contribution in [1.29, 1.82) is 0 Å². The Balaban J connectivity index is 1.96. The first-order valence-electron chi connectivity index (χ1n) is 6.45. The second kappa shape index (κ2) is 4.90. The van der Waals surface area contributed by atoms with Crippen molar-refractivity contribution >= 4 is 0 Å². The Bertz CT molecular complexity index is 318. The molecular weight excluding hydrogens is 196 g/mol. The molecule has 1 aliphatic rings. The van der Waals surface area contributed by atoms with Crippen molar-refractivity contribution in [2.75, 3.05) is 0 Å². The monoisotopic (exact) mass is 218 g/mol. The molecule has 0 heterocycles. The van der Waals surface area contributed by atoms with Crippen molar-refractivity contribution in [3.8, 4) is 5.75 Å². The number of phenols is 1. The first kappa shape index (κ1) is 11.5. The van der Waals surface area contributed by atoms with Crippen LogP contribution in [0, 0.1) is 11.8 Å². The van der Waals surface area contributed by atoms with Crippen LogP contribution in [0.25, 0.3) is 0 Å². The van der Waals surface area contributed by atoms with Crippen LogP contribution in [0.3, 0.4) is 0 Å². The van der Waals surface area contributed by atoms with Gasteiger partial charge < -0.3 is 5.11 Å². The van der Waals surface area contributed by atoms with Crippen LogP contribution in [0.2, 0.25) is 0 Å². The van der Waals surface area contributed by atoms with Gasteiger partial charge in [0.2, 0.25) is 0 Å². The second-order valence-electron chi connectivity index (χ2n) is 5.45. The Labute approximate surface area is 98.5 Å². The van der Waals surface area contributed by atoms with Gasteiger partial charge in [0, 0.05) is 0 Å². The molecule has 2 rings (SSSR count). The summed E-state index contributed by atoms with van der Waals surface area (Å²) < 4.78 is 0. The van der Waals surface area contributed by atoms with Gasteiger partial charge in [0.15, 0.2) is 0 Å². The minimum Gasteiger partial charge on any atom is -0.508 e. The highest BCUT2D eigenvalue weighted by Gasteiger charge is 2.23. The Hall–Kier alpha value is -0.980. The summed E-state index contributed by atoms with van der Waals surface area (Å²) in [7, 11) is 0. The average molecular weight is 218 g/mol. The Morgan fingerprint density at radius 2 is 1.56 bits per heavy atom. The van der Waals surface area contributed by atoms with E-state index < -0.39 is 0 Å². The molecule has 0 aromatic heterocycles. The molecular formula is C15H22O. The molecule has 1 aromatic carbocycles. The maximum absolute atomic E-state index is 9.27. The first-order valence-corrected chi connectivity index (χ1v) is 6.45.